The molecule has 0 aliphatic heterocycles. The van der Waals surface area contributed by atoms with Gasteiger partial charge in [-0.1, -0.05) is 67.9 Å². The molecule has 0 spiro atoms. The van der Waals surface area contributed by atoms with Gasteiger partial charge >= 0.3 is 0 Å². The minimum atomic E-state index is -0.122. The number of benzene rings is 3. The smallest absolute Gasteiger partial charge is 0.119 e. The van der Waals surface area contributed by atoms with Crippen LogP contribution < -0.4 is 0 Å². The third-order valence-corrected chi connectivity index (χ3v) is 5.32. The van der Waals surface area contributed by atoms with Crippen LogP contribution in [-0.4, -0.2) is 15.3 Å². The molecule has 0 fully saturated rings. The first kappa shape index (κ1) is 18.8. The predicted octanol–water partition coefficient (Wildman–Crippen LogP) is 5.59. The molecule has 3 aromatic rings. The van der Waals surface area contributed by atoms with Crippen molar-refractivity contribution < 1.29 is 15.3 Å². The summed E-state index contributed by atoms with van der Waals surface area (Å²) in [5, 5.41) is 31.0. The zero-order chi connectivity index (χ0) is 19.2. The molecule has 3 aromatic carbocycles. The molecule has 3 heteroatoms. The first-order valence-electron chi connectivity index (χ1n) is 9.44. The number of phenols is 3. The fourth-order valence-electron chi connectivity index (χ4n) is 3.85. The zero-order valence-electron chi connectivity index (χ0n) is 15.5. The van der Waals surface area contributed by atoms with E-state index in [4.69, 9.17) is 0 Å². The first-order valence-corrected chi connectivity index (χ1v) is 9.44. The van der Waals surface area contributed by atoms with Crippen molar-refractivity contribution in [1.29, 1.82) is 0 Å². The molecule has 3 rings (SSSR count). The lowest BCUT2D eigenvalue weighted by Gasteiger charge is -2.28. The van der Waals surface area contributed by atoms with Crippen molar-refractivity contribution in [3.63, 3.8) is 0 Å². The van der Waals surface area contributed by atoms with Gasteiger partial charge < -0.3 is 15.3 Å². The standard InChI is InChI=1S/C24H26O3/c1-2-17(15-16-18-9-3-6-12-21(18)25)24(19-10-4-7-13-22(19)26)20-11-5-8-14-23(20)27/h3-14,17,24-27H,2,15-16H2,1H3. The Morgan fingerprint density at radius 3 is 1.63 bits per heavy atom. The lowest BCUT2D eigenvalue weighted by atomic mass is 9.76. The third kappa shape index (κ3) is 4.25. The Balaban J connectivity index is 1.97. The van der Waals surface area contributed by atoms with Gasteiger partial charge in [-0.25, -0.2) is 0 Å². The Morgan fingerprint density at radius 1 is 0.667 bits per heavy atom. The normalized spacial score (nSPS) is 12.2. The largest absolute Gasteiger partial charge is 0.508 e. The van der Waals surface area contributed by atoms with E-state index in [1.807, 2.05) is 54.6 Å². The molecule has 0 aliphatic rings. The maximum Gasteiger partial charge on any atom is 0.119 e. The van der Waals surface area contributed by atoms with Crippen LogP contribution in [0.2, 0.25) is 0 Å². The molecule has 0 bridgehead atoms. The Morgan fingerprint density at radius 2 is 1.15 bits per heavy atom. The monoisotopic (exact) mass is 362 g/mol. The number of rotatable bonds is 7. The summed E-state index contributed by atoms with van der Waals surface area (Å²) in [7, 11) is 0. The van der Waals surface area contributed by atoms with Gasteiger partial charge in [0.15, 0.2) is 0 Å². The van der Waals surface area contributed by atoms with Crippen LogP contribution in [-0.2, 0) is 6.42 Å². The minimum Gasteiger partial charge on any atom is -0.508 e. The number of hydrogen-bond acceptors (Lipinski definition) is 3. The SMILES string of the molecule is CCC(CCc1ccccc1O)C(c1ccccc1O)c1ccccc1O. The molecule has 1 unspecified atom stereocenters. The third-order valence-electron chi connectivity index (χ3n) is 5.32. The molecule has 1 atom stereocenters. The molecule has 0 aliphatic carbocycles. The lowest BCUT2D eigenvalue weighted by molar-refractivity contribution is 0.384. The number of phenolic OH excluding ortho intramolecular Hbond substituents is 3. The van der Waals surface area contributed by atoms with Gasteiger partial charge in [-0.2, -0.15) is 0 Å². The van der Waals surface area contributed by atoms with Gasteiger partial charge in [0, 0.05) is 17.0 Å². The first-order chi connectivity index (χ1) is 13.1. The lowest BCUT2D eigenvalue weighted by Crippen LogP contribution is -2.15. The molecular weight excluding hydrogens is 336 g/mol. The summed E-state index contributed by atoms with van der Waals surface area (Å²) in [6.07, 6.45) is 2.46. The summed E-state index contributed by atoms with van der Waals surface area (Å²) in [6, 6.07) is 22.1. The molecule has 0 radical (unpaired) electrons. The molecule has 0 aromatic heterocycles. The van der Waals surface area contributed by atoms with Gasteiger partial charge in [0.1, 0.15) is 17.2 Å². The quantitative estimate of drug-likeness (QED) is 0.513. The van der Waals surface area contributed by atoms with E-state index in [0.717, 1.165) is 36.0 Å². The van der Waals surface area contributed by atoms with E-state index in [1.165, 1.54) is 0 Å². The van der Waals surface area contributed by atoms with E-state index >= 15 is 0 Å². The van der Waals surface area contributed by atoms with Crippen LogP contribution in [0.3, 0.4) is 0 Å². The highest BCUT2D eigenvalue weighted by atomic mass is 16.3. The van der Waals surface area contributed by atoms with Gasteiger partial charge in [0.2, 0.25) is 0 Å². The summed E-state index contributed by atoms with van der Waals surface area (Å²) in [5.74, 6) is 0.877. The summed E-state index contributed by atoms with van der Waals surface area (Å²) >= 11 is 0. The van der Waals surface area contributed by atoms with Crippen molar-refractivity contribution in [1.82, 2.24) is 0 Å². The van der Waals surface area contributed by atoms with Crippen LogP contribution in [0, 0.1) is 5.92 Å². The molecule has 3 nitrogen and oxygen atoms in total. The van der Waals surface area contributed by atoms with Crippen LogP contribution in [0.5, 0.6) is 17.2 Å². The molecule has 0 saturated carbocycles. The highest BCUT2D eigenvalue weighted by molar-refractivity contribution is 5.46. The molecule has 0 saturated heterocycles. The highest BCUT2D eigenvalue weighted by Crippen LogP contribution is 2.43. The highest BCUT2D eigenvalue weighted by Gasteiger charge is 2.28. The van der Waals surface area contributed by atoms with Gasteiger partial charge in [-0.15, -0.1) is 0 Å². The summed E-state index contributed by atoms with van der Waals surface area (Å²) in [5.41, 5.74) is 2.57. The van der Waals surface area contributed by atoms with Crippen LogP contribution in [0.25, 0.3) is 0 Å². The Hall–Kier alpha value is -2.94. The van der Waals surface area contributed by atoms with Crippen molar-refractivity contribution in [2.45, 2.75) is 32.1 Å². The summed E-state index contributed by atoms with van der Waals surface area (Å²) in [4.78, 5) is 0. The number of aromatic hydroxyl groups is 3. The molecule has 3 N–H and O–H groups in total. The number of aryl methyl sites for hydroxylation is 1. The summed E-state index contributed by atoms with van der Waals surface area (Å²) < 4.78 is 0. The van der Waals surface area contributed by atoms with Crippen molar-refractivity contribution in [3.8, 4) is 17.2 Å². The van der Waals surface area contributed by atoms with Crippen molar-refractivity contribution in [2.24, 2.45) is 5.92 Å². The number of para-hydroxylation sites is 3. The van der Waals surface area contributed by atoms with Crippen LogP contribution in [0.1, 0.15) is 42.4 Å². The van der Waals surface area contributed by atoms with E-state index in [-0.39, 0.29) is 23.3 Å². The molecule has 140 valence electrons. The van der Waals surface area contributed by atoms with Crippen LogP contribution in [0.15, 0.2) is 72.8 Å². The average Bonchev–Trinajstić information content (AvgIpc) is 2.68. The van der Waals surface area contributed by atoms with Gasteiger partial charge in [0.25, 0.3) is 0 Å². The molecular formula is C24H26O3. The Bertz CT molecular complexity index is 843. The van der Waals surface area contributed by atoms with Gasteiger partial charge in [-0.05, 0) is 42.5 Å². The Kier molecular flexibility index (Phi) is 6.02. The molecule has 0 heterocycles. The van der Waals surface area contributed by atoms with E-state index in [0.29, 0.717) is 5.75 Å². The van der Waals surface area contributed by atoms with Crippen LogP contribution >= 0.6 is 0 Å². The second-order valence-electron chi connectivity index (χ2n) is 6.93. The van der Waals surface area contributed by atoms with Crippen LogP contribution in [0.4, 0.5) is 0 Å². The fourth-order valence-corrected chi connectivity index (χ4v) is 3.85. The number of hydrogen-bond donors (Lipinski definition) is 3. The maximum absolute atomic E-state index is 10.5. The minimum absolute atomic E-state index is 0.122. The maximum atomic E-state index is 10.5. The molecule has 27 heavy (non-hydrogen) atoms. The van der Waals surface area contributed by atoms with Gasteiger partial charge in [-0.3, -0.25) is 0 Å². The summed E-state index contributed by atoms with van der Waals surface area (Å²) in [6.45, 7) is 2.13. The van der Waals surface area contributed by atoms with E-state index in [9.17, 15) is 15.3 Å². The van der Waals surface area contributed by atoms with Crippen molar-refractivity contribution in [3.05, 3.63) is 89.5 Å². The average molecular weight is 362 g/mol. The van der Waals surface area contributed by atoms with Crippen molar-refractivity contribution in [2.75, 3.05) is 0 Å². The van der Waals surface area contributed by atoms with E-state index in [1.54, 1.807) is 18.2 Å². The topological polar surface area (TPSA) is 60.7 Å². The predicted molar refractivity (Wildman–Crippen MR) is 108 cm³/mol. The van der Waals surface area contributed by atoms with E-state index in [2.05, 4.69) is 6.92 Å². The van der Waals surface area contributed by atoms with Gasteiger partial charge in [0.05, 0.1) is 0 Å². The second kappa shape index (κ2) is 8.63. The second-order valence-corrected chi connectivity index (χ2v) is 6.93. The zero-order valence-corrected chi connectivity index (χ0v) is 15.5. The van der Waals surface area contributed by atoms with E-state index < -0.39 is 0 Å². The molecule has 0 amide bonds. The van der Waals surface area contributed by atoms with Crippen molar-refractivity contribution >= 4 is 0 Å². The Labute approximate surface area is 160 Å². The fraction of sp³-hybridized carbons (Fsp3) is 0.250.